The topological polar surface area (TPSA) is 66.8 Å². The predicted octanol–water partition coefficient (Wildman–Crippen LogP) is 1.85. The minimum atomic E-state index is -2.34. The normalized spacial score (nSPS) is 21.8. The second kappa shape index (κ2) is 5.78. The van der Waals surface area contributed by atoms with Crippen molar-refractivity contribution in [1.82, 2.24) is 4.90 Å². The van der Waals surface area contributed by atoms with Crippen LogP contribution in [0.2, 0.25) is 0 Å². The van der Waals surface area contributed by atoms with E-state index in [1.54, 1.807) is 18.2 Å². The van der Waals surface area contributed by atoms with E-state index in [0.29, 0.717) is 5.75 Å². The Labute approximate surface area is 123 Å². The molecule has 1 fully saturated rings. The number of hydrogen-bond donors (Lipinski definition) is 1. The maximum absolute atomic E-state index is 13.8. The first-order valence-electron chi connectivity index (χ1n) is 5.99. The molecule has 1 saturated heterocycles. The van der Waals surface area contributed by atoms with Gasteiger partial charge in [0.15, 0.2) is 6.61 Å². The number of carbonyl (C=O) groups is 2. The second-order valence-corrected chi connectivity index (χ2v) is 5.50. The summed E-state index contributed by atoms with van der Waals surface area (Å²) >= 11 is 3.28. The minimum Gasteiger partial charge on any atom is -0.484 e. The molecule has 1 amide bonds. The van der Waals surface area contributed by atoms with Crippen LogP contribution in [0.25, 0.3) is 0 Å². The fourth-order valence-corrected chi connectivity index (χ4v) is 2.33. The van der Waals surface area contributed by atoms with E-state index in [4.69, 9.17) is 9.84 Å². The van der Waals surface area contributed by atoms with Gasteiger partial charge >= 0.3 is 5.97 Å². The Morgan fingerprint density at radius 1 is 1.50 bits per heavy atom. The molecule has 1 aromatic rings. The highest BCUT2D eigenvalue weighted by Crippen LogP contribution is 2.26. The van der Waals surface area contributed by atoms with Gasteiger partial charge in [-0.15, -0.1) is 0 Å². The molecule has 1 aliphatic heterocycles. The molecule has 0 saturated carbocycles. The van der Waals surface area contributed by atoms with Crippen molar-refractivity contribution in [3.05, 3.63) is 28.7 Å². The fraction of sp³-hybridized carbons (Fsp3) is 0.385. The van der Waals surface area contributed by atoms with Crippen molar-refractivity contribution in [2.45, 2.75) is 12.1 Å². The number of nitrogens with zero attached hydrogens (tertiary/aromatic N) is 1. The maximum atomic E-state index is 13.8. The van der Waals surface area contributed by atoms with E-state index in [1.165, 1.54) is 4.90 Å². The molecule has 1 N–H and O–H groups in total. The van der Waals surface area contributed by atoms with Crippen LogP contribution in [0.1, 0.15) is 6.42 Å². The molecule has 1 atom stereocenters. The van der Waals surface area contributed by atoms with Gasteiger partial charge in [-0.25, -0.2) is 9.18 Å². The van der Waals surface area contributed by atoms with E-state index in [-0.39, 0.29) is 19.6 Å². The largest absolute Gasteiger partial charge is 0.484 e. The van der Waals surface area contributed by atoms with E-state index >= 15 is 0 Å². The number of alkyl halides is 1. The molecule has 2 rings (SSSR count). The maximum Gasteiger partial charge on any atom is 0.343 e. The molecule has 108 valence electrons. The predicted molar refractivity (Wildman–Crippen MR) is 72.3 cm³/mol. The van der Waals surface area contributed by atoms with Crippen LogP contribution < -0.4 is 4.74 Å². The first-order valence-corrected chi connectivity index (χ1v) is 6.78. The molecule has 20 heavy (non-hydrogen) atoms. The third-order valence-corrected chi connectivity index (χ3v) is 3.61. The Morgan fingerprint density at radius 3 is 2.85 bits per heavy atom. The van der Waals surface area contributed by atoms with Gasteiger partial charge in [0.2, 0.25) is 5.67 Å². The molecular weight excluding hydrogens is 333 g/mol. The van der Waals surface area contributed by atoms with Crippen molar-refractivity contribution in [1.29, 1.82) is 0 Å². The molecule has 1 aliphatic rings. The van der Waals surface area contributed by atoms with E-state index in [2.05, 4.69) is 15.9 Å². The average Bonchev–Trinajstić information content (AvgIpc) is 2.80. The highest BCUT2D eigenvalue weighted by Gasteiger charge is 2.46. The van der Waals surface area contributed by atoms with Crippen molar-refractivity contribution in [3.63, 3.8) is 0 Å². The van der Waals surface area contributed by atoms with Crippen molar-refractivity contribution in [2.24, 2.45) is 0 Å². The highest BCUT2D eigenvalue weighted by molar-refractivity contribution is 9.10. The summed E-state index contributed by atoms with van der Waals surface area (Å²) in [6, 6.07) is 6.98. The third kappa shape index (κ3) is 3.27. The van der Waals surface area contributed by atoms with Gasteiger partial charge in [-0.1, -0.05) is 22.0 Å². The molecular formula is C13H13BrFNO4. The number of aliphatic carboxylic acids is 1. The van der Waals surface area contributed by atoms with Crippen LogP contribution in [0.5, 0.6) is 5.75 Å². The lowest BCUT2D eigenvalue weighted by Crippen LogP contribution is -2.40. The summed E-state index contributed by atoms with van der Waals surface area (Å²) in [4.78, 5) is 23.8. The number of rotatable bonds is 4. The molecule has 1 heterocycles. The average molecular weight is 346 g/mol. The van der Waals surface area contributed by atoms with Crippen LogP contribution in [0.3, 0.4) is 0 Å². The van der Waals surface area contributed by atoms with Gasteiger partial charge in [0, 0.05) is 17.4 Å². The lowest BCUT2D eigenvalue weighted by atomic mass is 10.1. The zero-order valence-electron chi connectivity index (χ0n) is 10.5. The molecule has 5 nitrogen and oxygen atoms in total. The van der Waals surface area contributed by atoms with Gasteiger partial charge in [-0.3, -0.25) is 4.79 Å². The van der Waals surface area contributed by atoms with Crippen LogP contribution in [-0.2, 0) is 9.59 Å². The standard InChI is InChI=1S/C13H13BrFNO4/c14-9-2-1-3-10(6-9)20-7-11(17)16-5-4-13(15,8-16)12(18)19/h1-3,6H,4-5,7-8H2,(H,18,19). The lowest BCUT2D eigenvalue weighted by Gasteiger charge is -2.18. The van der Waals surface area contributed by atoms with Crippen molar-refractivity contribution < 1.29 is 23.8 Å². The molecule has 0 bridgehead atoms. The van der Waals surface area contributed by atoms with E-state index in [0.717, 1.165) is 4.47 Å². The first kappa shape index (κ1) is 14.8. The molecule has 0 aliphatic carbocycles. The van der Waals surface area contributed by atoms with Crippen LogP contribution in [0, 0.1) is 0 Å². The molecule has 1 aromatic carbocycles. The summed E-state index contributed by atoms with van der Waals surface area (Å²) in [7, 11) is 0. The monoisotopic (exact) mass is 345 g/mol. The summed E-state index contributed by atoms with van der Waals surface area (Å²) < 4.78 is 19.9. The second-order valence-electron chi connectivity index (χ2n) is 4.58. The third-order valence-electron chi connectivity index (χ3n) is 3.11. The van der Waals surface area contributed by atoms with Crippen molar-refractivity contribution in [3.8, 4) is 5.75 Å². The Hall–Kier alpha value is -1.63. The molecule has 0 aromatic heterocycles. The Balaban J connectivity index is 1.89. The fourth-order valence-electron chi connectivity index (χ4n) is 1.95. The van der Waals surface area contributed by atoms with Gasteiger partial charge in [-0.2, -0.15) is 0 Å². The number of carboxylic acid groups (broad SMARTS) is 1. The minimum absolute atomic E-state index is 0.0868. The lowest BCUT2D eigenvalue weighted by molar-refractivity contribution is -0.150. The summed E-state index contributed by atoms with van der Waals surface area (Å²) in [6.07, 6.45) is -0.190. The van der Waals surface area contributed by atoms with E-state index in [9.17, 15) is 14.0 Å². The SMILES string of the molecule is O=C(COc1cccc(Br)c1)N1CCC(F)(C(=O)O)C1. The van der Waals surface area contributed by atoms with E-state index < -0.39 is 24.1 Å². The Kier molecular flexibility index (Phi) is 4.27. The molecule has 7 heteroatoms. The number of halogens is 2. The summed E-state index contributed by atoms with van der Waals surface area (Å²) in [6.45, 7) is -0.585. The van der Waals surface area contributed by atoms with Crippen molar-refractivity contribution in [2.75, 3.05) is 19.7 Å². The van der Waals surface area contributed by atoms with Crippen LogP contribution >= 0.6 is 15.9 Å². The number of ether oxygens (including phenoxy) is 1. The van der Waals surface area contributed by atoms with Gasteiger partial charge in [-0.05, 0) is 18.2 Å². The number of hydrogen-bond acceptors (Lipinski definition) is 3. The van der Waals surface area contributed by atoms with Gasteiger partial charge < -0.3 is 14.7 Å². The quantitative estimate of drug-likeness (QED) is 0.904. The van der Waals surface area contributed by atoms with Crippen molar-refractivity contribution >= 4 is 27.8 Å². The van der Waals surface area contributed by atoms with E-state index in [1.807, 2.05) is 6.07 Å². The summed E-state index contributed by atoms with van der Waals surface area (Å²) in [5.41, 5.74) is -2.34. The first-order chi connectivity index (χ1) is 9.40. The van der Waals surface area contributed by atoms with Gasteiger partial charge in [0.25, 0.3) is 5.91 Å². The number of benzene rings is 1. The Morgan fingerprint density at radius 2 is 2.25 bits per heavy atom. The molecule has 1 unspecified atom stereocenters. The summed E-state index contributed by atoms with van der Waals surface area (Å²) in [5, 5.41) is 8.76. The number of carboxylic acids is 1. The zero-order chi connectivity index (χ0) is 14.8. The molecule has 0 spiro atoms. The summed E-state index contributed by atoms with van der Waals surface area (Å²) in [5.74, 6) is -1.44. The van der Waals surface area contributed by atoms with Crippen LogP contribution in [0.4, 0.5) is 4.39 Å². The van der Waals surface area contributed by atoms with Gasteiger partial charge in [0.05, 0.1) is 6.54 Å². The smallest absolute Gasteiger partial charge is 0.343 e. The van der Waals surface area contributed by atoms with Crippen LogP contribution in [0.15, 0.2) is 28.7 Å². The van der Waals surface area contributed by atoms with Crippen LogP contribution in [-0.4, -0.2) is 47.2 Å². The number of carbonyl (C=O) groups excluding carboxylic acids is 1. The number of amides is 1. The van der Waals surface area contributed by atoms with Gasteiger partial charge in [0.1, 0.15) is 5.75 Å². The Bertz CT molecular complexity index is 539. The molecule has 0 radical (unpaired) electrons. The zero-order valence-corrected chi connectivity index (χ0v) is 12.1. The number of likely N-dealkylation sites (tertiary alicyclic amines) is 1. The highest BCUT2D eigenvalue weighted by atomic mass is 79.9.